The Balaban J connectivity index is 2.67. The van der Waals surface area contributed by atoms with Gasteiger partial charge in [0.2, 0.25) is 0 Å². The minimum Gasteiger partial charge on any atom is -0.465 e. The first-order chi connectivity index (χ1) is 8.60. The molecule has 1 aliphatic rings. The van der Waals surface area contributed by atoms with Crippen molar-refractivity contribution in [2.75, 3.05) is 7.11 Å². The van der Waals surface area contributed by atoms with Crippen LogP contribution < -0.4 is 11.4 Å². The number of nitrogens with two attached hydrogens (primary N) is 1. The highest BCUT2D eigenvalue weighted by molar-refractivity contribution is 5.98. The number of hydrazone groups is 1. The van der Waals surface area contributed by atoms with Gasteiger partial charge in [0.25, 0.3) is 5.56 Å². The Morgan fingerprint density at radius 2 is 2.39 bits per heavy atom. The van der Waals surface area contributed by atoms with Gasteiger partial charge in [-0.1, -0.05) is 0 Å². The zero-order valence-electron chi connectivity index (χ0n) is 10.2. The molecule has 96 valence electrons. The SMILES string of the molecule is COC(=O)c1cnc2n(c1=O)C(C)CC/C2=N\N. The molecule has 0 aliphatic carbocycles. The van der Waals surface area contributed by atoms with Gasteiger partial charge in [0.1, 0.15) is 11.3 Å². The lowest BCUT2D eigenvalue weighted by Gasteiger charge is -2.24. The van der Waals surface area contributed by atoms with E-state index in [9.17, 15) is 9.59 Å². The topological polar surface area (TPSA) is 99.6 Å². The van der Waals surface area contributed by atoms with E-state index >= 15 is 0 Å². The maximum atomic E-state index is 12.2. The van der Waals surface area contributed by atoms with Gasteiger partial charge in [0.05, 0.1) is 7.11 Å². The highest BCUT2D eigenvalue weighted by Gasteiger charge is 2.26. The van der Waals surface area contributed by atoms with Gasteiger partial charge in [0, 0.05) is 12.2 Å². The van der Waals surface area contributed by atoms with Crippen molar-refractivity contribution in [2.45, 2.75) is 25.8 Å². The number of carbonyl (C=O) groups excluding carboxylic acids is 1. The lowest BCUT2D eigenvalue weighted by molar-refractivity contribution is 0.0597. The quantitative estimate of drug-likeness (QED) is 0.431. The number of hydrogen-bond donors (Lipinski definition) is 1. The van der Waals surface area contributed by atoms with Gasteiger partial charge in [-0.25, -0.2) is 9.78 Å². The molecule has 18 heavy (non-hydrogen) atoms. The summed E-state index contributed by atoms with van der Waals surface area (Å²) in [7, 11) is 1.22. The molecule has 1 aliphatic heterocycles. The fourth-order valence-electron chi connectivity index (χ4n) is 2.05. The Hall–Kier alpha value is -2.18. The van der Waals surface area contributed by atoms with Gasteiger partial charge in [-0.05, 0) is 19.8 Å². The Bertz CT molecular complexity index is 576. The molecule has 0 fully saturated rings. The van der Waals surface area contributed by atoms with Crippen LogP contribution in [0.3, 0.4) is 0 Å². The summed E-state index contributed by atoms with van der Waals surface area (Å²) in [5.74, 6) is 5.02. The number of fused-ring (bicyclic) bond motifs is 1. The zero-order chi connectivity index (χ0) is 13.3. The van der Waals surface area contributed by atoms with E-state index in [-0.39, 0.29) is 11.6 Å². The first kappa shape index (κ1) is 12.3. The van der Waals surface area contributed by atoms with Crippen LogP contribution in [0.4, 0.5) is 0 Å². The number of nitrogens with zero attached hydrogens (tertiary/aromatic N) is 3. The second-order valence-corrected chi connectivity index (χ2v) is 4.13. The third-order valence-corrected chi connectivity index (χ3v) is 3.05. The van der Waals surface area contributed by atoms with Crippen molar-refractivity contribution in [3.8, 4) is 0 Å². The molecule has 1 unspecified atom stereocenters. The number of aromatic nitrogens is 2. The molecule has 0 saturated heterocycles. The molecule has 1 atom stereocenters. The van der Waals surface area contributed by atoms with Crippen LogP contribution in [0.25, 0.3) is 0 Å². The zero-order valence-corrected chi connectivity index (χ0v) is 10.2. The molecule has 1 aromatic rings. The molecule has 2 N–H and O–H groups in total. The molecule has 2 heterocycles. The molecule has 7 nitrogen and oxygen atoms in total. The third-order valence-electron chi connectivity index (χ3n) is 3.05. The Labute approximate surface area is 103 Å². The summed E-state index contributed by atoms with van der Waals surface area (Å²) in [5, 5.41) is 3.64. The molecule has 2 rings (SSSR count). The highest BCUT2D eigenvalue weighted by Crippen LogP contribution is 2.21. The molecular weight excluding hydrogens is 236 g/mol. The fraction of sp³-hybridized carbons (Fsp3) is 0.455. The molecule has 0 spiro atoms. The van der Waals surface area contributed by atoms with Gasteiger partial charge in [-0.2, -0.15) is 5.10 Å². The number of hydrogen-bond acceptors (Lipinski definition) is 6. The standard InChI is InChI=1S/C11H14N4O3/c1-6-3-4-8(14-12)9-13-5-7(11(17)18-2)10(16)15(6)9/h5-6H,3-4,12H2,1-2H3/b14-8+. The van der Waals surface area contributed by atoms with Crippen LogP contribution in [-0.4, -0.2) is 28.3 Å². The molecule has 7 heteroatoms. The van der Waals surface area contributed by atoms with Crippen molar-refractivity contribution in [2.24, 2.45) is 10.9 Å². The monoisotopic (exact) mass is 250 g/mol. The van der Waals surface area contributed by atoms with Crippen LogP contribution in [0.15, 0.2) is 16.1 Å². The van der Waals surface area contributed by atoms with E-state index in [1.807, 2.05) is 6.92 Å². The minimum atomic E-state index is -0.688. The fourth-order valence-corrected chi connectivity index (χ4v) is 2.05. The maximum absolute atomic E-state index is 12.2. The smallest absolute Gasteiger partial charge is 0.345 e. The molecular formula is C11H14N4O3. The third kappa shape index (κ3) is 1.77. The van der Waals surface area contributed by atoms with Crippen molar-refractivity contribution in [1.29, 1.82) is 0 Å². The first-order valence-corrected chi connectivity index (χ1v) is 5.57. The predicted octanol–water partition coefficient (Wildman–Crippen LogP) is 0.0475. The summed E-state index contributed by atoms with van der Waals surface area (Å²) >= 11 is 0. The van der Waals surface area contributed by atoms with Crippen molar-refractivity contribution in [3.05, 3.63) is 27.9 Å². The lowest BCUT2D eigenvalue weighted by Crippen LogP contribution is -2.37. The summed E-state index contributed by atoms with van der Waals surface area (Å²) in [6.45, 7) is 1.89. The summed E-state index contributed by atoms with van der Waals surface area (Å²) in [4.78, 5) is 27.8. The minimum absolute atomic E-state index is 0.0462. The number of esters is 1. The average molecular weight is 250 g/mol. The van der Waals surface area contributed by atoms with Gasteiger partial charge >= 0.3 is 5.97 Å². The largest absolute Gasteiger partial charge is 0.465 e. The summed E-state index contributed by atoms with van der Waals surface area (Å²) in [5.41, 5.74) is 0.0770. The van der Waals surface area contributed by atoms with Crippen LogP contribution in [0, 0.1) is 0 Å². The Kier molecular flexibility index (Phi) is 3.14. The maximum Gasteiger partial charge on any atom is 0.345 e. The van der Waals surface area contributed by atoms with Crippen LogP contribution in [-0.2, 0) is 4.74 Å². The molecule has 0 saturated carbocycles. The molecule has 0 radical (unpaired) electrons. The van der Waals surface area contributed by atoms with Gasteiger partial charge in [-0.15, -0.1) is 0 Å². The van der Waals surface area contributed by atoms with Gasteiger partial charge in [0.15, 0.2) is 5.82 Å². The van der Waals surface area contributed by atoms with E-state index < -0.39 is 11.5 Å². The van der Waals surface area contributed by atoms with Crippen molar-refractivity contribution < 1.29 is 9.53 Å². The van der Waals surface area contributed by atoms with E-state index in [0.29, 0.717) is 18.0 Å². The lowest BCUT2D eigenvalue weighted by atomic mass is 10.0. The molecule has 1 aromatic heterocycles. The van der Waals surface area contributed by atoms with Crippen LogP contribution in [0.1, 0.15) is 42.0 Å². The van der Waals surface area contributed by atoms with Gasteiger partial charge in [-0.3, -0.25) is 9.36 Å². The first-order valence-electron chi connectivity index (χ1n) is 5.57. The predicted molar refractivity (Wildman–Crippen MR) is 64.5 cm³/mol. The Morgan fingerprint density at radius 1 is 1.67 bits per heavy atom. The average Bonchev–Trinajstić information content (AvgIpc) is 2.38. The van der Waals surface area contributed by atoms with Crippen LogP contribution >= 0.6 is 0 Å². The normalized spacial score (nSPS) is 20.6. The van der Waals surface area contributed by atoms with E-state index in [0.717, 1.165) is 6.42 Å². The molecule has 0 amide bonds. The number of rotatable bonds is 1. The highest BCUT2D eigenvalue weighted by atomic mass is 16.5. The van der Waals surface area contributed by atoms with Crippen LogP contribution in [0.2, 0.25) is 0 Å². The second kappa shape index (κ2) is 4.59. The summed E-state index contributed by atoms with van der Waals surface area (Å²) in [6, 6.07) is -0.0462. The summed E-state index contributed by atoms with van der Waals surface area (Å²) in [6.07, 6.45) is 2.61. The number of methoxy groups -OCH3 is 1. The van der Waals surface area contributed by atoms with E-state index in [1.165, 1.54) is 17.9 Å². The van der Waals surface area contributed by atoms with Crippen molar-refractivity contribution in [1.82, 2.24) is 9.55 Å². The summed E-state index contributed by atoms with van der Waals surface area (Å²) < 4.78 is 6.00. The molecule has 0 bridgehead atoms. The Morgan fingerprint density at radius 3 is 3.00 bits per heavy atom. The van der Waals surface area contributed by atoms with Crippen LogP contribution in [0.5, 0.6) is 0 Å². The van der Waals surface area contributed by atoms with Crippen molar-refractivity contribution in [3.63, 3.8) is 0 Å². The van der Waals surface area contributed by atoms with Gasteiger partial charge < -0.3 is 10.6 Å². The second-order valence-electron chi connectivity index (χ2n) is 4.13. The van der Waals surface area contributed by atoms with Crippen molar-refractivity contribution >= 4 is 11.7 Å². The van der Waals surface area contributed by atoms with E-state index in [1.54, 1.807) is 0 Å². The van der Waals surface area contributed by atoms with E-state index in [4.69, 9.17) is 5.84 Å². The number of ether oxygens (including phenoxy) is 1. The number of carbonyl (C=O) groups is 1. The van der Waals surface area contributed by atoms with E-state index in [2.05, 4.69) is 14.8 Å². The molecule has 0 aromatic carbocycles.